The van der Waals surface area contributed by atoms with Crippen molar-refractivity contribution in [2.45, 2.75) is 32.9 Å². The van der Waals surface area contributed by atoms with Crippen LogP contribution in [-0.2, 0) is 0 Å². The van der Waals surface area contributed by atoms with E-state index in [0.29, 0.717) is 11.3 Å². The van der Waals surface area contributed by atoms with Gasteiger partial charge in [-0.3, -0.25) is 9.78 Å². The number of hydrogen-bond donors (Lipinski definition) is 1. The summed E-state index contributed by atoms with van der Waals surface area (Å²) in [5.41, 5.74) is 1.61. The Balaban J connectivity index is 2.06. The van der Waals surface area contributed by atoms with Crippen molar-refractivity contribution < 1.29 is 9.53 Å². The molecule has 0 aliphatic rings. The van der Waals surface area contributed by atoms with Crippen LogP contribution >= 0.6 is 0 Å². The molecule has 4 nitrogen and oxygen atoms in total. The van der Waals surface area contributed by atoms with Crippen molar-refractivity contribution in [1.82, 2.24) is 10.3 Å². The van der Waals surface area contributed by atoms with Gasteiger partial charge in [0.25, 0.3) is 5.91 Å². The highest BCUT2D eigenvalue weighted by molar-refractivity contribution is 5.94. The molecule has 0 aliphatic carbocycles. The highest BCUT2D eigenvalue weighted by atomic mass is 16.5. The molecular formula is C17H20N2O2. The number of nitrogens with one attached hydrogen (secondary N) is 1. The van der Waals surface area contributed by atoms with E-state index in [1.807, 2.05) is 45.0 Å². The summed E-state index contributed by atoms with van der Waals surface area (Å²) in [7, 11) is 0. The number of amides is 1. The predicted octanol–water partition coefficient (Wildman–Crippen LogP) is 3.36. The van der Waals surface area contributed by atoms with Crippen LogP contribution in [0.15, 0.2) is 48.8 Å². The fourth-order valence-corrected chi connectivity index (χ4v) is 2.00. The Morgan fingerprint density at radius 3 is 2.52 bits per heavy atom. The van der Waals surface area contributed by atoms with Crippen molar-refractivity contribution in [2.24, 2.45) is 0 Å². The summed E-state index contributed by atoms with van der Waals surface area (Å²) in [6.45, 7) is 5.86. The molecule has 110 valence electrons. The zero-order valence-electron chi connectivity index (χ0n) is 12.5. The average molecular weight is 284 g/mol. The van der Waals surface area contributed by atoms with Crippen LogP contribution in [-0.4, -0.2) is 17.0 Å². The van der Waals surface area contributed by atoms with E-state index in [-0.39, 0.29) is 18.1 Å². The van der Waals surface area contributed by atoms with Gasteiger partial charge in [0.05, 0.1) is 12.1 Å². The van der Waals surface area contributed by atoms with Crippen LogP contribution in [0.25, 0.3) is 0 Å². The average Bonchev–Trinajstić information content (AvgIpc) is 2.47. The van der Waals surface area contributed by atoms with Gasteiger partial charge in [0, 0.05) is 18.0 Å². The van der Waals surface area contributed by atoms with Crippen LogP contribution in [0.3, 0.4) is 0 Å². The Morgan fingerprint density at radius 2 is 1.86 bits per heavy atom. The Labute approximate surface area is 125 Å². The Kier molecular flexibility index (Phi) is 4.93. The maximum absolute atomic E-state index is 12.3. The molecule has 0 fully saturated rings. The van der Waals surface area contributed by atoms with Gasteiger partial charge in [0.2, 0.25) is 0 Å². The number of carbonyl (C=O) groups excluding carboxylic acids is 1. The lowest BCUT2D eigenvalue weighted by Crippen LogP contribution is -2.26. The SMILES string of the molecule is CC(C)Oc1cccc(C(=O)N[C@@H](C)c2ccncc2)c1. The third kappa shape index (κ3) is 4.31. The monoisotopic (exact) mass is 284 g/mol. The topological polar surface area (TPSA) is 51.2 Å². The third-order valence-corrected chi connectivity index (χ3v) is 3.02. The quantitative estimate of drug-likeness (QED) is 0.916. The van der Waals surface area contributed by atoms with E-state index in [1.165, 1.54) is 0 Å². The second-order valence-electron chi connectivity index (χ2n) is 5.17. The maximum Gasteiger partial charge on any atom is 0.251 e. The number of ether oxygens (including phenoxy) is 1. The summed E-state index contributed by atoms with van der Waals surface area (Å²) in [4.78, 5) is 16.3. The molecule has 2 rings (SSSR count). The number of hydrogen-bond acceptors (Lipinski definition) is 3. The third-order valence-electron chi connectivity index (χ3n) is 3.02. The Hall–Kier alpha value is -2.36. The van der Waals surface area contributed by atoms with Gasteiger partial charge in [0.15, 0.2) is 0 Å². The first-order valence-corrected chi connectivity index (χ1v) is 7.04. The van der Waals surface area contributed by atoms with Gasteiger partial charge in [-0.2, -0.15) is 0 Å². The lowest BCUT2D eigenvalue weighted by Gasteiger charge is -2.15. The van der Waals surface area contributed by atoms with Gasteiger partial charge in [0.1, 0.15) is 5.75 Å². The van der Waals surface area contributed by atoms with Crippen molar-refractivity contribution in [3.63, 3.8) is 0 Å². The fraction of sp³-hybridized carbons (Fsp3) is 0.294. The summed E-state index contributed by atoms with van der Waals surface area (Å²) in [5, 5.41) is 2.97. The predicted molar refractivity (Wildman–Crippen MR) is 82.3 cm³/mol. The molecule has 1 aromatic carbocycles. The standard InChI is InChI=1S/C17H20N2O2/c1-12(2)21-16-6-4-5-15(11-16)17(20)19-13(3)14-7-9-18-10-8-14/h4-13H,1-3H3,(H,19,20)/t13-/m0/s1. The number of benzene rings is 1. The second kappa shape index (κ2) is 6.88. The molecule has 1 aromatic heterocycles. The van der Waals surface area contributed by atoms with E-state index >= 15 is 0 Å². The molecule has 2 aromatic rings. The van der Waals surface area contributed by atoms with Crippen LogP contribution in [0.5, 0.6) is 5.75 Å². The number of rotatable bonds is 5. The summed E-state index contributed by atoms with van der Waals surface area (Å²) in [6.07, 6.45) is 3.52. The van der Waals surface area contributed by atoms with Gasteiger partial charge < -0.3 is 10.1 Å². The van der Waals surface area contributed by atoms with Crippen molar-refractivity contribution in [2.75, 3.05) is 0 Å². The summed E-state index contributed by atoms with van der Waals surface area (Å²) in [5.74, 6) is 0.586. The molecule has 1 amide bonds. The molecule has 21 heavy (non-hydrogen) atoms. The maximum atomic E-state index is 12.3. The van der Waals surface area contributed by atoms with Crippen molar-refractivity contribution in [3.8, 4) is 5.75 Å². The minimum Gasteiger partial charge on any atom is -0.491 e. The van der Waals surface area contributed by atoms with E-state index in [4.69, 9.17) is 4.74 Å². The fourth-order valence-electron chi connectivity index (χ4n) is 2.00. The van der Waals surface area contributed by atoms with Gasteiger partial charge in [-0.1, -0.05) is 6.07 Å². The van der Waals surface area contributed by atoms with Gasteiger partial charge in [-0.05, 0) is 56.7 Å². The first-order chi connectivity index (χ1) is 10.1. The number of nitrogens with zero attached hydrogens (tertiary/aromatic N) is 1. The zero-order valence-corrected chi connectivity index (χ0v) is 12.5. The molecule has 1 atom stereocenters. The minimum atomic E-state index is -0.117. The van der Waals surface area contributed by atoms with E-state index < -0.39 is 0 Å². The molecule has 1 heterocycles. The summed E-state index contributed by atoms with van der Waals surface area (Å²) < 4.78 is 5.61. The molecule has 0 radical (unpaired) electrons. The van der Waals surface area contributed by atoms with Gasteiger partial charge >= 0.3 is 0 Å². The number of pyridine rings is 1. The Bertz CT molecular complexity index is 597. The first kappa shape index (κ1) is 15.0. The number of carbonyl (C=O) groups is 1. The van der Waals surface area contributed by atoms with E-state index in [0.717, 1.165) is 5.56 Å². The largest absolute Gasteiger partial charge is 0.491 e. The molecule has 0 spiro atoms. The van der Waals surface area contributed by atoms with Crippen molar-refractivity contribution in [1.29, 1.82) is 0 Å². The normalized spacial score (nSPS) is 12.0. The molecule has 0 saturated heterocycles. The van der Waals surface area contributed by atoms with Crippen molar-refractivity contribution >= 4 is 5.91 Å². The zero-order chi connectivity index (χ0) is 15.2. The smallest absolute Gasteiger partial charge is 0.251 e. The minimum absolute atomic E-state index is 0.0739. The van der Waals surface area contributed by atoms with Crippen LogP contribution in [0.4, 0.5) is 0 Å². The molecule has 0 aliphatic heterocycles. The number of aromatic nitrogens is 1. The second-order valence-corrected chi connectivity index (χ2v) is 5.17. The van der Waals surface area contributed by atoms with Crippen LogP contribution in [0, 0.1) is 0 Å². The molecule has 0 bridgehead atoms. The summed E-state index contributed by atoms with van der Waals surface area (Å²) in [6, 6.07) is 10.9. The lowest BCUT2D eigenvalue weighted by molar-refractivity contribution is 0.0939. The molecule has 1 N–H and O–H groups in total. The molecule has 0 unspecified atom stereocenters. The van der Waals surface area contributed by atoms with Crippen LogP contribution in [0.1, 0.15) is 42.7 Å². The van der Waals surface area contributed by atoms with Crippen LogP contribution < -0.4 is 10.1 Å². The van der Waals surface area contributed by atoms with Gasteiger partial charge in [-0.15, -0.1) is 0 Å². The highest BCUT2D eigenvalue weighted by Gasteiger charge is 2.12. The van der Waals surface area contributed by atoms with E-state index in [9.17, 15) is 4.79 Å². The van der Waals surface area contributed by atoms with E-state index in [2.05, 4.69) is 10.3 Å². The lowest BCUT2D eigenvalue weighted by atomic mass is 10.1. The van der Waals surface area contributed by atoms with Crippen molar-refractivity contribution in [3.05, 3.63) is 59.9 Å². The molecule has 0 saturated carbocycles. The molecular weight excluding hydrogens is 264 g/mol. The first-order valence-electron chi connectivity index (χ1n) is 7.04. The molecule has 4 heteroatoms. The van der Waals surface area contributed by atoms with Gasteiger partial charge in [-0.25, -0.2) is 0 Å². The Morgan fingerprint density at radius 1 is 1.14 bits per heavy atom. The van der Waals surface area contributed by atoms with Crippen LogP contribution in [0.2, 0.25) is 0 Å². The highest BCUT2D eigenvalue weighted by Crippen LogP contribution is 2.16. The summed E-state index contributed by atoms with van der Waals surface area (Å²) >= 11 is 0. The van der Waals surface area contributed by atoms with E-state index in [1.54, 1.807) is 24.5 Å².